The molecule has 1 aliphatic rings. The van der Waals surface area contributed by atoms with Gasteiger partial charge in [0.2, 0.25) is 5.82 Å². The maximum absolute atomic E-state index is 12.7. The van der Waals surface area contributed by atoms with Crippen LogP contribution < -0.4 is 5.56 Å². The third-order valence-corrected chi connectivity index (χ3v) is 6.20. The number of benzene rings is 1. The number of rotatable bonds is 5. The topological polar surface area (TPSA) is 91.6 Å². The van der Waals surface area contributed by atoms with E-state index in [1.165, 1.54) is 35.7 Å². The van der Waals surface area contributed by atoms with E-state index in [1.54, 1.807) is 18.4 Å². The lowest BCUT2D eigenvalue weighted by atomic mass is 9.95. The molecule has 1 aromatic carbocycles. The normalized spacial score (nSPS) is 15.2. The van der Waals surface area contributed by atoms with E-state index in [0.29, 0.717) is 28.6 Å². The summed E-state index contributed by atoms with van der Waals surface area (Å²) in [7, 11) is 0. The molecule has 0 unspecified atom stereocenters. The third kappa shape index (κ3) is 3.46. The number of nitrogens with zero attached hydrogens (tertiary/aromatic N) is 6. The molecule has 0 bridgehead atoms. The molecule has 148 valence electrons. The van der Waals surface area contributed by atoms with Gasteiger partial charge in [-0.05, 0) is 37.1 Å². The molecule has 5 rings (SSSR count). The molecule has 9 heteroatoms. The van der Waals surface area contributed by atoms with Crippen molar-refractivity contribution >= 4 is 22.7 Å². The largest absolute Gasteiger partial charge is 0.461 e. The van der Waals surface area contributed by atoms with Gasteiger partial charge in [-0.1, -0.05) is 48.4 Å². The minimum absolute atomic E-state index is 0.155. The maximum atomic E-state index is 12.7. The van der Waals surface area contributed by atoms with Crippen LogP contribution in [-0.2, 0) is 5.88 Å². The molecule has 1 aliphatic carbocycles. The van der Waals surface area contributed by atoms with E-state index in [0.717, 1.165) is 23.8 Å². The molecule has 0 N–H and O–H groups in total. The zero-order chi connectivity index (χ0) is 19.6. The number of thioether (sulfide) groups is 1. The molecular formula is C20H20N6O2S. The maximum Gasteiger partial charge on any atom is 0.278 e. The average Bonchev–Trinajstić information content (AvgIpc) is 3.44. The average molecular weight is 408 g/mol. The first-order chi connectivity index (χ1) is 14.3. The van der Waals surface area contributed by atoms with Crippen LogP contribution in [0, 0.1) is 0 Å². The molecule has 0 amide bonds. The van der Waals surface area contributed by atoms with Gasteiger partial charge in [-0.25, -0.2) is 0 Å². The summed E-state index contributed by atoms with van der Waals surface area (Å²) in [4.78, 5) is 12.7. The molecule has 0 radical (unpaired) electrons. The first-order valence-electron chi connectivity index (χ1n) is 9.75. The van der Waals surface area contributed by atoms with Crippen LogP contribution in [0.1, 0.15) is 38.1 Å². The van der Waals surface area contributed by atoms with Gasteiger partial charge < -0.3 is 4.42 Å². The Kier molecular flexibility index (Phi) is 4.89. The molecule has 3 aromatic heterocycles. The summed E-state index contributed by atoms with van der Waals surface area (Å²) in [6.45, 7) is 0. The molecule has 0 saturated heterocycles. The first kappa shape index (κ1) is 18.1. The van der Waals surface area contributed by atoms with Gasteiger partial charge in [0, 0.05) is 6.04 Å². The standard InChI is InChI=1S/C20H20N6O2S/c27-19-15-9-4-5-10-16(15)21-24-25(19)13-29-20-23-22-18(17-11-6-12-28-17)26(20)14-7-2-1-3-8-14/h4-6,9-12,14H,1-3,7-8,13H2. The molecule has 0 spiro atoms. The van der Waals surface area contributed by atoms with E-state index < -0.39 is 0 Å². The van der Waals surface area contributed by atoms with E-state index in [4.69, 9.17) is 4.42 Å². The van der Waals surface area contributed by atoms with Crippen LogP contribution in [0.5, 0.6) is 0 Å². The molecule has 0 atom stereocenters. The first-order valence-corrected chi connectivity index (χ1v) is 10.7. The van der Waals surface area contributed by atoms with Gasteiger partial charge in [-0.15, -0.1) is 15.3 Å². The van der Waals surface area contributed by atoms with Crippen molar-refractivity contribution in [1.29, 1.82) is 0 Å². The highest BCUT2D eigenvalue weighted by molar-refractivity contribution is 7.98. The minimum Gasteiger partial charge on any atom is -0.461 e. The van der Waals surface area contributed by atoms with Crippen molar-refractivity contribution in [2.24, 2.45) is 0 Å². The van der Waals surface area contributed by atoms with Gasteiger partial charge in [0.15, 0.2) is 10.9 Å². The van der Waals surface area contributed by atoms with Crippen molar-refractivity contribution in [3.8, 4) is 11.6 Å². The summed E-state index contributed by atoms with van der Waals surface area (Å²) in [5.41, 5.74) is 0.447. The Labute approximate surface area is 170 Å². The van der Waals surface area contributed by atoms with Gasteiger partial charge in [-0.2, -0.15) is 4.68 Å². The monoisotopic (exact) mass is 408 g/mol. The van der Waals surface area contributed by atoms with Crippen molar-refractivity contribution in [2.75, 3.05) is 0 Å². The summed E-state index contributed by atoms with van der Waals surface area (Å²) < 4.78 is 9.13. The Morgan fingerprint density at radius 3 is 2.72 bits per heavy atom. The van der Waals surface area contributed by atoms with Crippen LogP contribution in [0.25, 0.3) is 22.5 Å². The van der Waals surface area contributed by atoms with E-state index >= 15 is 0 Å². The van der Waals surface area contributed by atoms with Crippen LogP contribution in [-0.4, -0.2) is 29.8 Å². The van der Waals surface area contributed by atoms with Crippen molar-refractivity contribution in [1.82, 2.24) is 29.8 Å². The van der Waals surface area contributed by atoms with Crippen molar-refractivity contribution in [3.63, 3.8) is 0 Å². The van der Waals surface area contributed by atoms with Gasteiger partial charge in [-0.3, -0.25) is 9.36 Å². The van der Waals surface area contributed by atoms with E-state index in [1.807, 2.05) is 24.3 Å². The fourth-order valence-electron chi connectivity index (χ4n) is 3.84. The number of fused-ring (bicyclic) bond motifs is 1. The second kappa shape index (κ2) is 7.82. The zero-order valence-electron chi connectivity index (χ0n) is 15.8. The summed E-state index contributed by atoms with van der Waals surface area (Å²) in [5.74, 6) is 1.76. The van der Waals surface area contributed by atoms with Gasteiger partial charge in [0.05, 0.1) is 17.5 Å². The number of aromatic nitrogens is 6. The summed E-state index contributed by atoms with van der Waals surface area (Å²) in [6.07, 6.45) is 7.48. The molecule has 29 heavy (non-hydrogen) atoms. The molecule has 4 aromatic rings. The smallest absolute Gasteiger partial charge is 0.278 e. The number of furan rings is 1. The Hall–Kier alpha value is -2.94. The number of hydrogen-bond donors (Lipinski definition) is 0. The summed E-state index contributed by atoms with van der Waals surface area (Å²) in [6, 6.07) is 11.3. The molecule has 3 heterocycles. The Bertz CT molecular complexity index is 1180. The fraction of sp³-hybridized carbons (Fsp3) is 0.350. The van der Waals surface area contributed by atoms with Crippen LogP contribution in [0.2, 0.25) is 0 Å². The summed E-state index contributed by atoms with van der Waals surface area (Å²) in [5, 5.41) is 18.4. The van der Waals surface area contributed by atoms with Crippen LogP contribution in [0.4, 0.5) is 0 Å². The predicted molar refractivity (Wildman–Crippen MR) is 110 cm³/mol. The van der Waals surface area contributed by atoms with E-state index in [2.05, 4.69) is 25.1 Å². The zero-order valence-corrected chi connectivity index (χ0v) is 16.6. The van der Waals surface area contributed by atoms with Crippen molar-refractivity contribution < 1.29 is 4.42 Å². The third-order valence-electron chi connectivity index (χ3n) is 5.29. The van der Waals surface area contributed by atoms with Crippen LogP contribution >= 0.6 is 11.8 Å². The molecule has 1 saturated carbocycles. The van der Waals surface area contributed by atoms with E-state index in [9.17, 15) is 4.79 Å². The Balaban J connectivity index is 1.47. The SMILES string of the molecule is O=c1c2ccccc2nnn1CSc1nnc(-c2ccco2)n1C1CCCCC1. The highest BCUT2D eigenvalue weighted by Crippen LogP contribution is 2.35. The lowest BCUT2D eigenvalue weighted by Crippen LogP contribution is -2.23. The number of hydrogen-bond acceptors (Lipinski definition) is 7. The molecule has 8 nitrogen and oxygen atoms in total. The summed E-state index contributed by atoms with van der Waals surface area (Å²) >= 11 is 1.44. The fourth-order valence-corrected chi connectivity index (χ4v) is 4.72. The van der Waals surface area contributed by atoms with Crippen LogP contribution in [0.3, 0.4) is 0 Å². The quantitative estimate of drug-likeness (QED) is 0.463. The molecular weight excluding hydrogens is 388 g/mol. The van der Waals surface area contributed by atoms with Crippen LogP contribution in [0.15, 0.2) is 57.0 Å². The second-order valence-corrected chi connectivity index (χ2v) is 8.04. The second-order valence-electron chi connectivity index (χ2n) is 7.13. The minimum atomic E-state index is -0.155. The van der Waals surface area contributed by atoms with Gasteiger partial charge >= 0.3 is 0 Å². The predicted octanol–water partition coefficient (Wildman–Crippen LogP) is 3.90. The van der Waals surface area contributed by atoms with Gasteiger partial charge in [0.25, 0.3) is 5.56 Å². The highest BCUT2D eigenvalue weighted by atomic mass is 32.2. The lowest BCUT2D eigenvalue weighted by Gasteiger charge is -2.25. The highest BCUT2D eigenvalue weighted by Gasteiger charge is 2.25. The Morgan fingerprint density at radius 1 is 1.03 bits per heavy atom. The lowest BCUT2D eigenvalue weighted by molar-refractivity contribution is 0.337. The van der Waals surface area contributed by atoms with Gasteiger partial charge in [0.1, 0.15) is 5.52 Å². The Morgan fingerprint density at radius 2 is 1.90 bits per heavy atom. The van der Waals surface area contributed by atoms with Crippen molar-refractivity contribution in [3.05, 3.63) is 53.0 Å². The molecule has 0 aliphatic heterocycles. The van der Waals surface area contributed by atoms with Crippen molar-refractivity contribution in [2.45, 2.75) is 49.2 Å². The van der Waals surface area contributed by atoms with E-state index in [-0.39, 0.29) is 5.56 Å². The molecule has 1 fully saturated rings.